The van der Waals surface area contributed by atoms with E-state index in [0.717, 1.165) is 43.4 Å². The van der Waals surface area contributed by atoms with Crippen molar-refractivity contribution in [1.82, 2.24) is 14.4 Å². The fourth-order valence-electron chi connectivity index (χ4n) is 5.65. The van der Waals surface area contributed by atoms with Gasteiger partial charge in [-0.1, -0.05) is 45.2 Å². The van der Waals surface area contributed by atoms with E-state index < -0.39 is 0 Å². The van der Waals surface area contributed by atoms with Crippen molar-refractivity contribution in [3.8, 4) is 11.5 Å². The van der Waals surface area contributed by atoms with E-state index in [0.29, 0.717) is 42.6 Å². The van der Waals surface area contributed by atoms with Crippen molar-refractivity contribution in [3.63, 3.8) is 0 Å². The van der Waals surface area contributed by atoms with Gasteiger partial charge >= 0.3 is 0 Å². The van der Waals surface area contributed by atoms with Gasteiger partial charge in [0.1, 0.15) is 12.4 Å². The Kier molecular flexibility index (Phi) is 9.27. The van der Waals surface area contributed by atoms with Crippen LogP contribution in [0, 0.1) is 11.7 Å². The van der Waals surface area contributed by atoms with Gasteiger partial charge in [-0.15, -0.1) is 0 Å². The Bertz CT molecular complexity index is 1330. The maximum absolute atomic E-state index is 14.1. The molecule has 1 saturated carbocycles. The van der Waals surface area contributed by atoms with Gasteiger partial charge in [0.15, 0.2) is 11.5 Å². The Morgan fingerprint density at radius 3 is 2.51 bits per heavy atom. The van der Waals surface area contributed by atoms with Crippen molar-refractivity contribution < 1.29 is 23.5 Å². The first kappa shape index (κ1) is 28.7. The van der Waals surface area contributed by atoms with Crippen LogP contribution >= 0.6 is 0 Å². The van der Waals surface area contributed by atoms with Crippen LogP contribution in [0.4, 0.5) is 4.39 Å². The lowest BCUT2D eigenvalue weighted by atomic mass is 9.94. The largest absolute Gasteiger partial charge is 0.454 e. The monoisotopic (exact) mass is 561 g/mol. The predicted molar refractivity (Wildman–Crippen MR) is 155 cm³/mol. The summed E-state index contributed by atoms with van der Waals surface area (Å²) in [6.07, 6.45) is 8.10. The number of nitrogens with zero attached hydrogens (tertiary/aromatic N) is 3. The van der Waals surface area contributed by atoms with E-state index in [1.54, 1.807) is 35.2 Å². The predicted octanol–water partition coefficient (Wildman–Crippen LogP) is 6.25. The van der Waals surface area contributed by atoms with Crippen molar-refractivity contribution in [2.45, 2.75) is 71.5 Å². The van der Waals surface area contributed by atoms with E-state index in [1.807, 2.05) is 23.2 Å². The maximum atomic E-state index is 14.1. The Balaban J connectivity index is 1.36. The van der Waals surface area contributed by atoms with Crippen molar-refractivity contribution in [3.05, 3.63) is 83.4 Å². The normalized spacial score (nSPS) is 14.8. The average Bonchev–Trinajstić information content (AvgIpc) is 3.63. The van der Waals surface area contributed by atoms with Gasteiger partial charge < -0.3 is 23.8 Å². The SMILES string of the molecule is CC(C)CCN(CC(=O)N(Cc1cccn1Cc1ccc(F)cc1)C1CCCCC1)C(=O)c1ccc2c(c1)OCO2. The van der Waals surface area contributed by atoms with Crippen LogP contribution < -0.4 is 9.47 Å². The van der Waals surface area contributed by atoms with E-state index in [2.05, 4.69) is 18.4 Å². The van der Waals surface area contributed by atoms with Gasteiger partial charge in [0.25, 0.3) is 5.91 Å². The molecule has 1 aromatic heterocycles. The van der Waals surface area contributed by atoms with Crippen LogP contribution in [0.25, 0.3) is 0 Å². The Morgan fingerprint density at radius 2 is 1.76 bits per heavy atom. The highest BCUT2D eigenvalue weighted by Gasteiger charge is 2.30. The number of aromatic nitrogens is 1. The molecule has 7 nitrogen and oxygen atoms in total. The molecule has 1 fully saturated rings. The summed E-state index contributed by atoms with van der Waals surface area (Å²) in [4.78, 5) is 31.5. The second-order valence-corrected chi connectivity index (χ2v) is 11.5. The molecule has 0 atom stereocenters. The molecule has 0 N–H and O–H groups in total. The quantitative estimate of drug-likeness (QED) is 0.278. The zero-order valence-electron chi connectivity index (χ0n) is 24.1. The van der Waals surface area contributed by atoms with Gasteiger partial charge in [0.2, 0.25) is 12.7 Å². The molecular formula is C33H40FN3O4. The van der Waals surface area contributed by atoms with E-state index in [4.69, 9.17) is 9.47 Å². The van der Waals surface area contributed by atoms with Crippen LogP contribution in [0.5, 0.6) is 11.5 Å². The first-order chi connectivity index (χ1) is 19.9. The number of amides is 2. The lowest BCUT2D eigenvalue weighted by Gasteiger charge is -2.36. The van der Waals surface area contributed by atoms with Crippen LogP contribution in [-0.4, -0.2) is 52.1 Å². The lowest BCUT2D eigenvalue weighted by Crippen LogP contribution is -2.48. The number of hydrogen-bond acceptors (Lipinski definition) is 4. The third kappa shape index (κ3) is 7.29. The number of fused-ring (bicyclic) bond motifs is 1. The summed E-state index contributed by atoms with van der Waals surface area (Å²) >= 11 is 0. The number of ether oxygens (including phenoxy) is 2. The highest BCUT2D eigenvalue weighted by atomic mass is 19.1. The summed E-state index contributed by atoms with van der Waals surface area (Å²) < 4.78 is 26.5. The molecular weight excluding hydrogens is 521 g/mol. The molecule has 8 heteroatoms. The van der Waals surface area contributed by atoms with E-state index in [9.17, 15) is 14.0 Å². The van der Waals surface area contributed by atoms with Crippen molar-refractivity contribution in [2.24, 2.45) is 5.92 Å². The fraction of sp³-hybridized carbons (Fsp3) is 0.455. The van der Waals surface area contributed by atoms with Crippen LogP contribution in [0.1, 0.15) is 74.0 Å². The first-order valence-corrected chi connectivity index (χ1v) is 14.7. The Morgan fingerprint density at radius 1 is 1.00 bits per heavy atom. The maximum Gasteiger partial charge on any atom is 0.254 e. The number of benzene rings is 2. The summed E-state index contributed by atoms with van der Waals surface area (Å²) in [5.74, 6) is 1.09. The molecule has 0 bridgehead atoms. The minimum Gasteiger partial charge on any atom is -0.454 e. The molecule has 0 saturated heterocycles. The molecule has 1 aliphatic heterocycles. The molecule has 2 amide bonds. The second-order valence-electron chi connectivity index (χ2n) is 11.5. The van der Waals surface area contributed by atoms with E-state index >= 15 is 0 Å². The molecule has 0 unspecified atom stereocenters. The average molecular weight is 562 g/mol. The topological polar surface area (TPSA) is 64.0 Å². The smallest absolute Gasteiger partial charge is 0.254 e. The summed E-state index contributed by atoms with van der Waals surface area (Å²) in [7, 11) is 0. The molecule has 2 heterocycles. The standard InChI is InChI=1S/C33H40FN3O4/c1-24(2)16-18-36(33(39)26-12-15-30-31(19-26)41-23-40-30)22-32(38)37(28-7-4-3-5-8-28)21-29-9-6-17-35(29)20-25-10-13-27(34)14-11-25/h6,9-15,17,19,24,28H,3-5,7-8,16,18,20-23H2,1-2H3. The summed E-state index contributed by atoms with van der Waals surface area (Å²) in [5, 5.41) is 0. The second kappa shape index (κ2) is 13.2. The van der Waals surface area contributed by atoms with Crippen molar-refractivity contribution in [1.29, 1.82) is 0 Å². The molecule has 3 aromatic rings. The molecule has 41 heavy (non-hydrogen) atoms. The van der Waals surface area contributed by atoms with Gasteiger partial charge in [-0.05, 0) is 73.2 Å². The first-order valence-electron chi connectivity index (χ1n) is 14.7. The minimum absolute atomic E-state index is 0.0230. The Labute approximate surface area is 241 Å². The van der Waals surface area contributed by atoms with Crippen LogP contribution in [0.3, 0.4) is 0 Å². The van der Waals surface area contributed by atoms with Gasteiger partial charge in [-0.3, -0.25) is 9.59 Å². The number of hydrogen-bond donors (Lipinski definition) is 0. The molecule has 0 radical (unpaired) electrons. The van der Waals surface area contributed by atoms with Crippen molar-refractivity contribution >= 4 is 11.8 Å². The minimum atomic E-state index is -0.257. The summed E-state index contributed by atoms with van der Waals surface area (Å²) in [5.41, 5.74) is 2.50. The van der Waals surface area contributed by atoms with Crippen molar-refractivity contribution in [2.75, 3.05) is 19.9 Å². The molecule has 0 spiro atoms. The molecule has 218 valence electrons. The third-order valence-corrected chi connectivity index (χ3v) is 8.07. The fourth-order valence-corrected chi connectivity index (χ4v) is 5.65. The van der Waals surface area contributed by atoms with E-state index in [1.165, 1.54) is 18.6 Å². The molecule has 1 aliphatic carbocycles. The van der Waals surface area contributed by atoms with E-state index in [-0.39, 0.29) is 37.0 Å². The Hall–Kier alpha value is -3.81. The zero-order chi connectivity index (χ0) is 28.8. The summed E-state index contributed by atoms with van der Waals surface area (Å²) in [6.45, 7) is 5.96. The van der Waals surface area contributed by atoms with Gasteiger partial charge in [0.05, 0.1) is 6.54 Å². The highest BCUT2D eigenvalue weighted by molar-refractivity contribution is 5.97. The van der Waals surface area contributed by atoms with Crippen LogP contribution in [-0.2, 0) is 17.9 Å². The van der Waals surface area contributed by atoms with Gasteiger partial charge in [0, 0.05) is 36.6 Å². The number of carbonyl (C=O) groups is 2. The third-order valence-electron chi connectivity index (χ3n) is 8.07. The highest BCUT2D eigenvalue weighted by Crippen LogP contribution is 2.33. The van der Waals surface area contributed by atoms with Gasteiger partial charge in [-0.25, -0.2) is 4.39 Å². The number of halogens is 1. The number of carbonyl (C=O) groups excluding carboxylic acids is 2. The summed E-state index contributed by atoms with van der Waals surface area (Å²) in [6, 6.07) is 15.9. The lowest BCUT2D eigenvalue weighted by molar-refractivity contribution is -0.135. The van der Waals surface area contributed by atoms with Crippen LogP contribution in [0.2, 0.25) is 0 Å². The number of rotatable bonds is 11. The molecule has 2 aromatic carbocycles. The van der Waals surface area contributed by atoms with Gasteiger partial charge in [-0.2, -0.15) is 0 Å². The molecule has 2 aliphatic rings. The zero-order valence-corrected chi connectivity index (χ0v) is 24.1. The van der Waals surface area contributed by atoms with Crippen LogP contribution in [0.15, 0.2) is 60.8 Å². The molecule has 5 rings (SSSR count).